The molecule has 0 spiro atoms. The molecule has 0 saturated carbocycles. The van der Waals surface area contributed by atoms with Crippen LogP contribution in [-0.2, 0) is 11.3 Å². The van der Waals surface area contributed by atoms with Crippen molar-refractivity contribution >= 4 is 68.1 Å². The highest BCUT2D eigenvalue weighted by Gasteiger charge is 2.12. The zero-order valence-corrected chi connectivity index (χ0v) is 33.2. The summed E-state index contributed by atoms with van der Waals surface area (Å²) in [5, 5.41) is 68.6. The minimum atomic E-state index is -0.463. The third-order valence-corrected chi connectivity index (χ3v) is 6.36. The van der Waals surface area contributed by atoms with Crippen LogP contribution < -0.4 is 10.1 Å². The number of methoxy groups -OCH3 is 2. The summed E-state index contributed by atoms with van der Waals surface area (Å²) >= 11 is 9.42. The highest BCUT2D eigenvalue weighted by Crippen LogP contribution is 2.19. The zero-order valence-electron chi connectivity index (χ0n) is 31.5. The Bertz CT molecular complexity index is 1790. The molecule has 0 atom stereocenters. The van der Waals surface area contributed by atoms with Crippen LogP contribution in [0.25, 0.3) is 22.1 Å². The Morgan fingerprint density at radius 2 is 1.41 bits per heavy atom. The molecule has 298 valence electrons. The van der Waals surface area contributed by atoms with Gasteiger partial charge in [0.25, 0.3) is 11.6 Å². The predicted molar refractivity (Wildman–Crippen MR) is 213 cm³/mol. The molecular formula is C34H50N8O10S2. The van der Waals surface area contributed by atoms with E-state index in [2.05, 4.69) is 42.9 Å². The van der Waals surface area contributed by atoms with Crippen molar-refractivity contribution in [1.82, 2.24) is 35.5 Å². The smallest absolute Gasteiger partial charge is 0.271 e. The lowest BCUT2D eigenvalue weighted by molar-refractivity contribution is -0.384. The molecule has 6 N–H and O–H groups in total. The number of hydrogen-bond donors (Lipinski definition) is 6. The van der Waals surface area contributed by atoms with Gasteiger partial charge in [-0.25, -0.2) is 4.68 Å². The Labute approximate surface area is 324 Å². The third kappa shape index (κ3) is 19.0. The third-order valence-electron chi connectivity index (χ3n) is 6.02. The molecule has 1 amide bonds. The van der Waals surface area contributed by atoms with E-state index < -0.39 is 4.92 Å². The number of amides is 1. The number of non-ortho nitro benzene ring substituents is 1. The number of carbonyl (C=O) groups excluding carboxylic acids is 1. The van der Waals surface area contributed by atoms with Crippen LogP contribution in [0, 0.1) is 10.1 Å². The maximum Gasteiger partial charge on any atom is 0.271 e. The fourth-order valence-electron chi connectivity index (χ4n) is 3.37. The van der Waals surface area contributed by atoms with Gasteiger partial charge in [-0.15, -0.1) is 10.2 Å². The van der Waals surface area contributed by atoms with Gasteiger partial charge in [0, 0.05) is 52.0 Å². The predicted octanol–water partition coefficient (Wildman–Crippen LogP) is 4.12. The second-order valence-corrected chi connectivity index (χ2v) is 11.0. The molecule has 0 bridgehead atoms. The van der Waals surface area contributed by atoms with E-state index in [1.54, 1.807) is 52.3 Å². The van der Waals surface area contributed by atoms with Crippen LogP contribution in [-0.4, -0.2) is 118 Å². The van der Waals surface area contributed by atoms with Gasteiger partial charge >= 0.3 is 0 Å². The fourth-order valence-corrected chi connectivity index (χ4v) is 3.51. The lowest BCUT2D eigenvalue weighted by atomic mass is 10.2. The molecule has 20 heteroatoms. The van der Waals surface area contributed by atoms with E-state index in [0.29, 0.717) is 55.7 Å². The number of aliphatic hydroxyl groups is 4. The molecule has 0 aliphatic rings. The van der Waals surface area contributed by atoms with Gasteiger partial charge in [-0.2, -0.15) is 0 Å². The quantitative estimate of drug-likeness (QED) is 0.0587. The average Bonchev–Trinajstić information content (AvgIpc) is 3.82. The maximum absolute atomic E-state index is 11.6. The number of ether oxygens (including phenoxy) is 2. The van der Waals surface area contributed by atoms with Crippen LogP contribution in [0.15, 0.2) is 60.7 Å². The molecule has 54 heavy (non-hydrogen) atoms. The monoisotopic (exact) mass is 794 g/mol. The first-order chi connectivity index (χ1) is 25.9. The molecule has 3 aromatic carbocycles. The van der Waals surface area contributed by atoms with Crippen molar-refractivity contribution in [3.05, 3.63) is 81.9 Å². The van der Waals surface area contributed by atoms with Crippen LogP contribution in [0.3, 0.4) is 0 Å². The Kier molecular flexibility index (Phi) is 28.5. The second-order valence-electron chi connectivity index (χ2n) is 9.81. The maximum atomic E-state index is 11.6. The van der Waals surface area contributed by atoms with E-state index in [1.807, 2.05) is 38.1 Å². The summed E-state index contributed by atoms with van der Waals surface area (Å²) in [4.78, 5) is 22.9. The van der Waals surface area contributed by atoms with Gasteiger partial charge < -0.3 is 40.4 Å². The number of benzene rings is 3. The molecule has 0 fully saturated rings. The van der Waals surface area contributed by atoms with Gasteiger partial charge in [-0.05, 0) is 79.2 Å². The minimum absolute atomic E-state index is 0.00213. The molecular weight excluding hydrogens is 745 g/mol. The van der Waals surface area contributed by atoms with Crippen LogP contribution in [0.5, 0.6) is 5.75 Å². The number of nitro benzene ring substituents is 1. The Morgan fingerprint density at radius 1 is 0.870 bits per heavy atom. The van der Waals surface area contributed by atoms with Crippen LogP contribution >= 0.6 is 24.4 Å². The van der Waals surface area contributed by atoms with Gasteiger partial charge in [0.2, 0.25) is 0 Å². The topological polar surface area (TPSA) is 253 Å². The van der Waals surface area contributed by atoms with Crippen molar-refractivity contribution in [3.8, 4) is 5.75 Å². The molecule has 0 unspecified atom stereocenters. The van der Waals surface area contributed by atoms with E-state index in [0.717, 1.165) is 38.4 Å². The largest absolute Gasteiger partial charge is 0.497 e. The summed E-state index contributed by atoms with van der Waals surface area (Å²) in [6.07, 6.45) is 1.76. The molecule has 0 aliphatic carbocycles. The van der Waals surface area contributed by atoms with Gasteiger partial charge in [-0.1, -0.05) is 48.3 Å². The van der Waals surface area contributed by atoms with Crippen LogP contribution in [0.4, 0.5) is 5.69 Å². The van der Waals surface area contributed by atoms with E-state index in [-0.39, 0.29) is 18.2 Å². The van der Waals surface area contributed by atoms with Gasteiger partial charge in [0.05, 0.1) is 25.7 Å². The molecule has 0 radical (unpaired) electrons. The van der Waals surface area contributed by atoms with Crippen LogP contribution in [0.2, 0.25) is 0 Å². The summed E-state index contributed by atoms with van der Waals surface area (Å²) in [6.45, 7) is 8.37. The number of nitrogens with one attached hydrogen (secondary N) is 1. The summed E-state index contributed by atoms with van der Waals surface area (Å²) in [5.41, 5.74) is 3.50. The molecule has 0 aliphatic heterocycles. The first-order valence-electron chi connectivity index (χ1n) is 16.0. The van der Waals surface area contributed by atoms with Crippen molar-refractivity contribution in [3.63, 3.8) is 0 Å². The normalized spacial score (nSPS) is 9.19. The van der Waals surface area contributed by atoms with Gasteiger partial charge in [0.15, 0.2) is 5.05 Å². The Balaban J connectivity index is 0. The number of thiocarbonyl (C=S) groups is 2. The zero-order chi connectivity index (χ0) is 41.6. The van der Waals surface area contributed by atoms with Gasteiger partial charge in [-0.3, -0.25) is 14.9 Å². The molecule has 5 aromatic rings. The number of nitro groups is 1. The summed E-state index contributed by atoms with van der Waals surface area (Å²) in [5.74, 6) is 0.655. The summed E-state index contributed by atoms with van der Waals surface area (Å²) in [7, 11) is 5.18. The van der Waals surface area contributed by atoms with Crippen LogP contribution in [0.1, 0.15) is 56.5 Å². The lowest BCUT2D eigenvalue weighted by Gasteiger charge is -2.02. The van der Waals surface area contributed by atoms with Crippen molar-refractivity contribution in [2.75, 3.05) is 41.6 Å². The summed E-state index contributed by atoms with van der Waals surface area (Å²) in [6, 6.07) is 16.5. The molecule has 2 aromatic heterocycles. The second kappa shape index (κ2) is 30.2. The molecule has 5 rings (SSSR count). The van der Waals surface area contributed by atoms with Crippen molar-refractivity contribution in [1.29, 1.82) is 0 Å². The highest BCUT2D eigenvalue weighted by molar-refractivity contribution is 7.80. The average molecular weight is 795 g/mol. The fraction of sp³-hybridized carbons (Fsp3) is 0.382. The van der Waals surface area contributed by atoms with Gasteiger partial charge in [0.1, 0.15) is 32.8 Å². The highest BCUT2D eigenvalue weighted by atomic mass is 32.1. The number of fused-ring (bicyclic) bond motifs is 2. The van der Waals surface area contributed by atoms with Crippen molar-refractivity contribution < 1.29 is 44.8 Å². The lowest BCUT2D eigenvalue weighted by Crippen LogP contribution is -2.23. The SMILES string of the molecule is CC(=S)n1nnc2ccc([N+](=O)[O-])cc21.CCCNC(=O)c1ccc2nnn(O)c2c1.CCCO.CO.CO.COC(C)=S.COc1ccc(CO)cc1. The minimum Gasteiger partial charge on any atom is -0.497 e. The number of hydrogen-bond acceptors (Lipinski definition) is 16. The van der Waals surface area contributed by atoms with Crippen molar-refractivity contribution in [2.45, 2.75) is 47.1 Å². The first kappa shape index (κ1) is 50.9. The molecule has 18 nitrogen and oxygen atoms in total. The summed E-state index contributed by atoms with van der Waals surface area (Å²) < 4.78 is 10.8. The Morgan fingerprint density at radius 3 is 1.87 bits per heavy atom. The van der Waals surface area contributed by atoms with Crippen molar-refractivity contribution in [2.24, 2.45) is 0 Å². The van der Waals surface area contributed by atoms with E-state index in [1.165, 1.54) is 16.8 Å². The molecule has 2 heterocycles. The number of aliphatic hydroxyl groups excluding tert-OH is 4. The van der Waals surface area contributed by atoms with E-state index in [9.17, 15) is 20.1 Å². The number of rotatable bonds is 7. The molecule has 0 saturated heterocycles. The number of nitrogens with zero attached hydrogens (tertiary/aromatic N) is 7. The first-order valence-corrected chi connectivity index (χ1v) is 16.8. The number of carbonyl (C=O) groups is 1. The number of aromatic nitrogens is 6. The van der Waals surface area contributed by atoms with E-state index in [4.69, 9.17) is 37.4 Å². The Hall–Kier alpha value is -5.25. The van der Waals surface area contributed by atoms with E-state index >= 15 is 0 Å². The standard InChI is InChI=1S/C10H12N4O2.C8H6N4O2S.C8H10O2.C3H6OS.C3H8O.2CH4O/c1-2-5-11-10(15)7-3-4-8-9(6-7)14(16)13-12-8;1-5(15)11-8-4-6(12(13)14)2-3-7(8)9-10-11;1-10-8-4-2-7(6-9)3-5-8;1-3(5)4-2;1-2-3-4;2*1-2/h3-4,6,16H,2,5H2,1H3,(H,11,15);2-4H,1H3;2-5,9H,6H2,1H3;1-2H3;4H,2-3H2,1H3;2*2H,1H3.